The first-order valence-electron chi connectivity index (χ1n) is 11.3. The molecule has 0 spiro atoms. The average Bonchev–Trinajstić information content (AvgIpc) is 3.15. The van der Waals surface area contributed by atoms with Gasteiger partial charge < -0.3 is 20.9 Å². The quantitative estimate of drug-likeness (QED) is 0.456. The van der Waals surface area contributed by atoms with Crippen molar-refractivity contribution in [2.45, 2.75) is 52.7 Å². The Morgan fingerprint density at radius 1 is 1.31 bits per heavy atom. The Bertz CT molecular complexity index is 1160. The summed E-state index contributed by atoms with van der Waals surface area (Å²) < 4.78 is 1.47. The molecule has 2 aromatic heterocycles. The van der Waals surface area contributed by atoms with E-state index in [0.29, 0.717) is 30.7 Å². The molecule has 1 aliphatic rings. The minimum atomic E-state index is -0.270. The van der Waals surface area contributed by atoms with Crippen LogP contribution in [0, 0.1) is 19.8 Å². The summed E-state index contributed by atoms with van der Waals surface area (Å²) in [6.45, 7) is 8.11. The van der Waals surface area contributed by atoms with Gasteiger partial charge in [0, 0.05) is 48.1 Å². The minimum absolute atomic E-state index is 0.0357. The van der Waals surface area contributed by atoms with Gasteiger partial charge in [0.1, 0.15) is 6.54 Å². The van der Waals surface area contributed by atoms with Crippen molar-refractivity contribution in [3.8, 4) is 0 Å². The molecule has 4 N–H and O–H groups in total. The van der Waals surface area contributed by atoms with Gasteiger partial charge >= 0.3 is 0 Å². The number of anilines is 1. The van der Waals surface area contributed by atoms with Crippen LogP contribution in [0.1, 0.15) is 36.6 Å². The lowest BCUT2D eigenvalue weighted by Crippen LogP contribution is -2.43. The number of aromatic amines is 1. The smallest absolute Gasteiger partial charge is 0.293 e. The Labute approximate surface area is 187 Å². The third-order valence-electron chi connectivity index (χ3n) is 6.27. The number of amides is 1. The first-order valence-corrected chi connectivity index (χ1v) is 11.3. The predicted molar refractivity (Wildman–Crippen MR) is 127 cm³/mol. The Morgan fingerprint density at radius 3 is 2.97 bits per heavy atom. The Balaban J connectivity index is 1.38. The molecule has 0 radical (unpaired) electrons. The second-order valence-corrected chi connectivity index (χ2v) is 8.93. The maximum absolute atomic E-state index is 12.9. The van der Waals surface area contributed by atoms with E-state index in [0.717, 1.165) is 29.4 Å². The van der Waals surface area contributed by atoms with Gasteiger partial charge in [0.2, 0.25) is 5.91 Å². The normalized spacial score (nSPS) is 18.6. The van der Waals surface area contributed by atoms with E-state index in [9.17, 15) is 9.59 Å². The molecule has 3 heterocycles. The monoisotopic (exact) mass is 436 g/mol. The molecule has 3 aromatic rings. The van der Waals surface area contributed by atoms with Gasteiger partial charge in [0.15, 0.2) is 5.82 Å². The van der Waals surface area contributed by atoms with Gasteiger partial charge in [0.25, 0.3) is 5.56 Å². The van der Waals surface area contributed by atoms with Crippen LogP contribution in [0.15, 0.2) is 35.4 Å². The third-order valence-corrected chi connectivity index (χ3v) is 6.27. The summed E-state index contributed by atoms with van der Waals surface area (Å²) in [6, 6.07) is 6.40. The molecule has 1 saturated heterocycles. The fourth-order valence-electron chi connectivity index (χ4n) is 4.30. The van der Waals surface area contributed by atoms with E-state index >= 15 is 0 Å². The van der Waals surface area contributed by atoms with Gasteiger partial charge in [-0.2, -0.15) is 0 Å². The lowest BCUT2D eigenvalue weighted by Gasteiger charge is -2.28. The summed E-state index contributed by atoms with van der Waals surface area (Å²) in [5.41, 5.74) is 3.65. The zero-order chi connectivity index (χ0) is 22.7. The van der Waals surface area contributed by atoms with Crippen LogP contribution >= 0.6 is 0 Å². The molecule has 4 rings (SSSR count). The number of benzene rings is 1. The molecular weight excluding hydrogens is 404 g/mol. The Hall–Kier alpha value is -3.13. The van der Waals surface area contributed by atoms with Gasteiger partial charge in [-0.15, -0.1) is 0 Å². The van der Waals surface area contributed by atoms with Gasteiger partial charge in [-0.3, -0.25) is 14.2 Å². The molecule has 1 amide bonds. The van der Waals surface area contributed by atoms with Gasteiger partial charge in [-0.25, -0.2) is 4.98 Å². The summed E-state index contributed by atoms with van der Waals surface area (Å²) in [4.78, 5) is 33.0. The zero-order valence-electron chi connectivity index (χ0n) is 19.0. The minimum Gasteiger partial charge on any atom is -0.364 e. The summed E-state index contributed by atoms with van der Waals surface area (Å²) in [6.07, 6.45) is 5.86. The third kappa shape index (κ3) is 5.02. The topological polar surface area (TPSA) is 104 Å². The van der Waals surface area contributed by atoms with Crippen LogP contribution in [0.5, 0.6) is 0 Å². The number of nitrogens with zero attached hydrogens (tertiary/aromatic N) is 2. The molecule has 32 heavy (non-hydrogen) atoms. The molecule has 1 aliphatic heterocycles. The number of aromatic nitrogens is 3. The highest BCUT2D eigenvalue weighted by Crippen LogP contribution is 2.19. The largest absolute Gasteiger partial charge is 0.364 e. The van der Waals surface area contributed by atoms with Crippen molar-refractivity contribution < 1.29 is 4.79 Å². The number of rotatable bonds is 7. The van der Waals surface area contributed by atoms with Gasteiger partial charge in [-0.05, 0) is 62.4 Å². The number of hydrogen-bond donors (Lipinski definition) is 4. The molecule has 0 saturated carbocycles. The highest BCUT2D eigenvalue weighted by molar-refractivity contribution is 5.83. The average molecular weight is 437 g/mol. The second kappa shape index (κ2) is 9.56. The molecule has 8 heteroatoms. The summed E-state index contributed by atoms with van der Waals surface area (Å²) in [5.74, 6) is 0.758. The van der Waals surface area contributed by atoms with Crippen LogP contribution in [0.25, 0.3) is 10.9 Å². The van der Waals surface area contributed by atoms with E-state index in [1.807, 2.05) is 18.3 Å². The van der Waals surface area contributed by atoms with Gasteiger partial charge in [0.05, 0.1) is 0 Å². The second-order valence-electron chi connectivity index (χ2n) is 8.93. The number of hydrogen-bond acceptors (Lipinski definition) is 5. The summed E-state index contributed by atoms with van der Waals surface area (Å²) in [5, 5.41) is 10.7. The molecular formula is C24H32N6O2. The molecule has 8 nitrogen and oxygen atoms in total. The lowest BCUT2D eigenvalue weighted by molar-refractivity contribution is -0.121. The predicted octanol–water partition coefficient (Wildman–Crippen LogP) is 2.46. The fraction of sp³-hybridized carbons (Fsp3) is 0.458. The number of nitrogens with one attached hydrogen (secondary N) is 4. The molecule has 0 bridgehead atoms. The first kappa shape index (κ1) is 22.1. The molecule has 0 aliphatic carbocycles. The van der Waals surface area contributed by atoms with Crippen molar-refractivity contribution in [3.63, 3.8) is 0 Å². The molecule has 1 aromatic carbocycles. The maximum Gasteiger partial charge on any atom is 0.293 e. The molecule has 1 fully saturated rings. The Kier molecular flexibility index (Phi) is 6.60. The van der Waals surface area contributed by atoms with Crippen LogP contribution in [-0.4, -0.2) is 39.6 Å². The van der Waals surface area contributed by atoms with Crippen molar-refractivity contribution >= 4 is 22.6 Å². The van der Waals surface area contributed by atoms with E-state index in [4.69, 9.17) is 0 Å². The van der Waals surface area contributed by atoms with E-state index < -0.39 is 0 Å². The van der Waals surface area contributed by atoms with Crippen molar-refractivity contribution in [2.24, 2.45) is 5.92 Å². The number of aryl methyl sites for hydroxylation is 2. The van der Waals surface area contributed by atoms with Crippen LogP contribution < -0.4 is 21.5 Å². The van der Waals surface area contributed by atoms with Crippen LogP contribution in [0.2, 0.25) is 0 Å². The van der Waals surface area contributed by atoms with Crippen molar-refractivity contribution in [1.82, 2.24) is 25.2 Å². The van der Waals surface area contributed by atoms with E-state index in [1.54, 1.807) is 13.1 Å². The number of H-pyrrole nitrogens is 1. The number of carbonyl (C=O) groups excluding carboxylic acids is 1. The lowest BCUT2D eigenvalue weighted by atomic mass is 9.94. The number of fused-ring (bicyclic) bond motifs is 1. The molecule has 0 unspecified atom stereocenters. The molecule has 170 valence electrons. The van der Waals surface area contributed by atoms with Crippen molar-refractivity contribution in [3.05, 3.63) is 57.8 Å². The summed E-state index contributed by atoms with van der Waals surface area (Å²) in [7, 11) is 0. The van der Waals surface area contributed by atoms with Crippen LogP contribution in [0.4, 0.5) is 5.82 Å². The fourth-order valence-corrected chi connectivity index (χ4v) is 4.30. The van der Waals surface area contributed by atoms with Crippen molar-refractivity contribution in [2.75, 3.05) is 18.4 Å². The SMILES string of the molecule is Cc1c[nH]c2ccc(CNC(=O)Cn3c(C)cnc(NC[C@H]4C[C@H](C)CCN4)c3=O)cc12. The van der Waals surface area contributed by atoms with E-state index in [1.165, 1.54) is 16.6 Å². The Morgan fingerprint density at radius 2 is 2.16 bits per heavy atom. The van der Waals surface area contributed by atoms with Crippen LogP contribution in [0.3, 0.4) is 0 Å². The van der Waals surface area contributed by atoms with E-state index in [2.05, 4.69) is 45.8 Å². The summed E-state index contributed by atoms with van der Waals surface area (Å²) >= 11 is 0. The van der Waals surface area contributed by atoms with Crippen molar-refractivity contribution in [1.29, 1.82) is 0 Å². The number of carbonyl (C=O) groups is 1. The first-order chi connectivity index (χ1) is 15.4. The highest BCUT2D eigenvalue weighted by atomic mass is 16.2. The van der Waals surface area contributed by atoms with Crippen LogP contribution in [-0.2, 0) is 17.9 Å². The van der Waals surface area contributed by atoms with E-state index in [-0.39, 0.29) is 23.8 Å². The highest BCUT2D eigenvalue weighted by Gasteiger charge is 2.19. The van der Waals surface area contributed by atoms with Gasteiger partial charge in [-0.1, -0.05) is 13.0 Å². The standard InChI is InChI=1S/C24H32N6O2/c1-15-6-7-25-19(8-15)13-29-23-24(32)30(17(3)11-28-23)14-22(31)27-12-18-4-5-21-20(9-18)16(2)10-26-21/h4-5,9-11,15,19,25-26H,6-8,12-14H2,1-3H3,(H,27,31)(H,28,29)/t15-,19-/m1/s1. The zero-order valence-corrected chi connectivity index (χ0v) is 19.0. The number of piperidine rings is 1. The maximum atomic E-state index is 12.9. The molecule has 2 atom stereocenters.